The molecule has 30 heavy (non-hydrogen) atoms. The van der Waals surface area contributed by atoms with Crippen LogP contribution in [0.15, 0.2) is 42.5 Å². The minimum atomic E-state index is -0.690. The molecule has 0 radical (unpaired) electrons. The van der Waals surface area contributed by atoms with Crippen LogP contribution in [-0.4, -0.2) is 28.7 Å². The lowest BCUT2D eigenvalue weighted by Crippen LogP contribution is -2.47. The number of benzene rings is 2. The average Bonchev–Trinajstić information content (AvgIpc) is 3.06. The van der Waals surface area contributed by atoms with Gasteiger partial charge in [0.1, 0.15) is 6.04 Å². The van der Waals surface area contributed by atoms with Crippen LogP contribution in [0.5, 0.6) is 0 Å². The molecule has 3 amide bonds. The fraction of sp³-hybridized carbons (Fsp3) is 0.273. The number of aryl methyl sites for hydroxylation is 1. The summed E-state index contributed by atoms with van der Waals surface area (Å²) in [6.45, 7) is 7.10. The van der Waals surface area contributed by atoms with Gasteiger partial charge in [0, 0.05) is 18.2 Å². The highest BCUT2D eigenvalue weighted by atomic mass is 32.1. The van der Waals surface area contributed by atoms with Crippen LogP contribution in [0.3, 0.4) is 0 Å². The molecule has 0 fully saturated rings. The Bertz CT molecular complexity index is 1110. The zero-order valence-electron chi connectivity index (χ0n) is 17.3. The Morgan fingerprint density at radius 1 is 1.03 bits per heavy atom. The normalized spacial score (nSPS) is 11.9. The number of aromatic nitrogens is 1. The molecule has 7 nitrogen and oxygen atoms in total. The van der Waals surface area contributed by atoms with Gasteiger partial charge in [-0.15, -0.1) is 0 Å². The van der Waals surface area contributed by atoms with E-state index >= 15 is 0 Å². The van der Waals surface area contributed by atoms with E-state index in [1.807, 2.05) is 32.9 Å². The highest BCUT2D eigenvalue weighted by Gasteiger charge is 2.25. The summed E-state index contributed by atoms with van der Waals surface area (Å²) in [4.78, 5) is 41.0. The second-order valence-electron chi connectivity index (χ2n) is 7.44. The molecule has 1 heterocycles. The van der Waals surface area contributed by atoms with Crippen molar-refractivity contribution in [3.05, 3.63) is 53.6 Å². The van der Waals surface area contributed by atoms with Gasteiger partial charge in [0.15, 0.2) is 5.13 Å². The molecule has 8 heteroatoms. The third-order valence-corrected chi connectivity index (χ3v) is 5.39. The summed E-state index contributed by atoms with van der Waals surface area (Å²) >= 11 is 1.33. The largest absolute Gasteiger partial charge is 0.340 e. The molecule has 0 aliphatic heterocycles. The molecule has 156 valence electrons. The van der Waals surface area contributed by atoms with Gasteiger partial charge in [-0.25, -0.2) is 4.98 Å². The number of anilines is 2. The molecule has 1 aromatic heterocycles. The SMILES string of the molecule is CC(=O)Nc1nc2ccc(NC(=O)C(NC(=O)c3cccc(C)c3)C(C)C)cc2s1. The highest BCUT2D eigenvalue weighted by molar-refractivity contribution is 7.22. The molecule has 3 rings (SSSR count). The molecule has 0 aliphatic rings. The molecule has 0 saturated carbocycles. The standard InChI is InChI=1S/C22H24N4O3S/c1-12(2)19(26-20(28)15-7-5-6-13(3)10-15)21(29)24-16-8-9-17-18(11-16)30-22(25-17)23-14(4)27/h5-12,19H,1-4H3,(H,24,29)(H,26,28)(H,23,25,27). The van der Waals surface area contributed by atoms with Crippen molar-refractivity contribution in [1.29, 1.82) is 0 Å². The quantitative estimate of drug-likeness (QED) is 0.558. The first-order chi connectivity index (χ1) is 14.2. The molecule has 3 N–H and O–H groups in total. The maximum absolute atomic E-state index is 12.9. The van der Waals surface area contributed by atoms with Crippen molar-refractivity contribution in [3.8, 4) is 0 Å². The molecular weight excluding hydrogens is 400 g/mol. The van der Waals surface area contributed by atoms with Gasteiger partial charge >= 0.3 is 0 Å². The fourth-order valence-corrected chi connectivity index (χ4v) is 3.92. The number of hydrogen-bond acceptors (Lipinski definition) is 5. The summed E-state index contributed by atoms with van der Waals surface area (Å²) < 4.78 is 0.835. The van der Waals surface area contributed by atoms with Crippen molar-refractivity contribution in [1.82, 2.24) is 10.3 Å². The summed E-state index contributed by atoms with van der Waals surface area (Å²) in [7, 11) is 0. The molecule has 0 aliphatic carbocycles. The van der Waals surface area contributed by atoms with Crippen LogP contribution in [-0.2, 0) is 9.59 Å². The monoisotopic (exact) mass is 424 g/mol. The minimum Gasteiger partial charge on any atom is -0.340 e. The topological polar surface area (TPSA) is 100 Å². The lowest BCUT2D eigenvalue weighted by molar-refractivity contribution is -0.119. The van der Waals surface area contributed by atoms with Crippen molar-refractivity contribution in [2.75, 3.05) is 10.6 Å². The Balaban J connectivity index is 1.74. The second-order valence-corrected chi connectivity index (χ2v) is 8.47. The van der Waals surface area contributed by atoms with E-state index in [9.17, 15) is 14.4 Å². The number of thiazole rings is 1. The first-order valence-electron chi connectivity index (χ1n) is 9.59. The number of carbonyl (C=O) groups excluding carboxylic acids is 3. The number of amides is 3. The van der Waals surface area contributed by atoms with Crippen LogP contribution in [0.25, 0.3) is 10.2 Å². The lowest BCUT2D eigenvalue weighted by atomic mass is 10.0. The van der Waals surface area contributed by atoms with E-state index in [1.54, 1.807) is 30.3 Å². The van der Waals surface area contributed by atoms with Crippen LogP contribution >= 0.6 is 11.3 Å². The van der Waals surface area contributed by atoms with E-state index in [-0.39, 0.29) is 23.6 Å². The summed E-state index contributed by atoms with van der Waals surface area (Å²) in [5, 5.41) is 8.87. The zero-order valence-corrected chi connectivity index (χ0v) is 18.1. The molecule has 3 aromatic rings. The Labute approximate surface area is 178 Å². The number of nitrogens with zero attached hydrogens (tertiary/aromatic N) is 1. The Morgan fingerprint density at radius 2 is 1.80 bits per heavy atom. The van der Waals surface area contributed by atoms with Gasteiger partial charge in [-0.1, -0.05) is 42.9 Å². The van der Waals surface area contributed by atoms with E-state index in [0.717, 1.165) is 15.8 Å². The van der Waals surface area contributed by atoms with Gasteiger partial charge < -0.3 is 16.0 Å². The molecule has 1 atom stereocenters. The summed E-state index contributed by atoms with van der Waals surface area (Å²) in [6.07, 6.45) is 0. The third-order valence-electron chi connectivity index (χ3n) is 4.45. The minimum absolute atomic E-state index is 0.0998. The fourth-order valence-electron chi connectivity index (χ4n) is 2.97. The van der Waals surface area contributed by atoms with Gasteiger partial charge in [0.25, 0.3) is 5.91 Å². The number of fused-ring (bicyclic) bond motifs is 1. The van der Waals surface area contributed by atoms with Gasteiger partial charge in [0.05, 0.1) is 10.2 Å². The van der Waals surface area contributed by atoms with Crippen molar-refractivity contribution < 1.29 is 14.4 Å². The van der Waals surface area contributed by atoms with E-state index < -0.39 is 6.04 Å². The molecule has 0 bridgehead atoms. The average molecular weight is 425 g/mol. The molecule has 1 unspecified atom stereocenters. The number of hydrogen-bond donors (Lipinski definition) is 3. The predicted molar refractivity (Wildman–Crippen MR) is 120 cm³/mol. The van der Waals surface area contributed by atoms with Crippen molar-refractivity contribution in [3.63, 3.8) is 0 Å². The predicted octanol–water partition coefficient (Wildman–Crippen LogP) is 3.96. The summed E-state index contributed by atoms with van der Waals surface area (Å²) in [5.41, 5.74) is 2.82. The Morgan fingerprint density at radius 3 is 2.47 bits per heavy atom. The number of nitrogens with one attached hydrogen (secondary N) is 3. The molecule has 2 aromatic carbocycles. The van der Waals surface area contributed by atoms with Gasteiger partial charge in [-0.3, -0.25) is 14.4 Å². The Hall–Kier alpha value is -3.26. The van der Waals surface area contributed by atoms with Gasteiger partial charge in [0.2, 0.25) is 11.8 Å². The van der Waals surface area contributed by atoms with E-state index in [0.29, 0.717) is 16.4 Å². The van der Waals surface area contributed by atoms with E-state index in [2.05, 4.69) is 20.9 Å². The highest BCUT2D eigenvalue weighted by Crippen LogP contribution is 2.28. The number of carbonyl (C=O) groups is 3. The van der Waals surface area contributed by atoms with Crippen LogP contribution < -0.4 is 16.0 Å². The van der Waals surface area contributed by atoms with E-state index in [4.69, 9.17) is 0 Å². The zero-order chi connectivity index (χ0) is 21.8. The van der Waals surface area contributed by atoms with Crippen molar-refractivity contribution >= 4 is 50.1 Å². The maximum atomic E-state index is 12.9. The van der Waals surface area contributed by atoms with Crippen LogP contribution in [0.2, 0.25) is 0 Å². The summed E-state index contributed by atoms with van der Waals surface area (Å²) in [5.74, 6) is -0.869. The van der Waals surface area contributed by atoms with Crippen LogP contribution in [0.4, 0.5) is 10.8 Å². The molecule has 0 spiro atoms. The first kappa shape index (κ1) is 21.4. The smallest absolute Gasteiger partial charge is 0.251 e. The van der Waals surface area contributed by atoms with Gasteiger partial charge in [-0.05, 0) is 43.2 Å². The van der Waals surface area contributed by atoms with Crippen LogP contribution in [0, 0.1) is 12.8 Å². The molecular formula is C22H24N4O3S. The molecule has 0 saturated heterocycles. The van der Waals surface area contributed by atoms with Crippen molar-refractivity contribution in [2.45, 2.75) is 33.7 Å². The first-order valence-corrected chi connectivity index (χ1v) is 10.4. The number of rotatable bonds is 6. The Kier molecular flexibility index (Phi) is 6.47. The summed E-state index contributed by atoms with van der Waals surface area (Å²) in [6, 6.07) is 11.9. The van der Waals surface area contributed by atoms with Gasteiger partial charge in [-0.2, -0.15) is 0 Å². The van der Waals surface area contributed by atoms with Crippen molar-refractivity contribution in [2.24, 2.45) is 5.92 Å². The third kappa shape index (κ3) is 5.21. The van der Waals surface area contributed by atoms with Crippen LogP contribution in [0.1, 0.15) is 36.7 Å². The lowest BCUT2D eigenvalue weighted by Gasteiger charge is -2.22. The second kappa shape index (κ2) is 9.04. The van der Waals surface area contributed by atoms with E-state index in [1.165, 1.54) is 18.3 Å². The maximum Gasteiger partial charge on any atom is 0.251 e.